The van der Waals surface area contributed by atoms with Crippen LogP contribution in [0.4, 0.5) is 8.78 Å². The number of carbonyl (C=O) groups is 1. The first-order valence-corrected chi connectivity index (χ1v) is 6.22. The standard InChI is InChI=1S/C12H19F2NO2/c1-7-3-4-10(8(7)2)15-6-9-5-12(13,14)11(16)17-9/h7-10,15H,3-6H2,1-2H3. The van der Waals surface area contributed by atoms with Gasteiger partial charge in [0.05, 0.1) is 6.42 Å². The van der Waals surface area contributed by atoms with Gasteiger partial charge >= 0.3 is 11.9 Å². The molecule has 17 heavy (non-hydrogen) atoms. The molecule has 0 aromatic rings. The van der Waals surface area contributed by atoms with Crippen molar-refractivity contribution in [2.75, 3.05) is 6.54 Å². The van der Waals surface area contributed by atoms with Crippen LogP contribution in [0.15, 0.2) is 0 Å². The zero-order valence-corrected chi connectivity index (χ0v) is 10.2. The fourth-order valence-corrected chi connectivity index (χ4v) is 2.70. The smallest absolute Gasteiger partial charge is 0.377 e. The summed E-state index contributed by atoms with van der Waals surface area (Å²) in [5, 5.41) is 3.25. The van der Waals surface area contributed by atoms with E-state index in [2.05, 4.69) is 23.9 Å². The molecule has 98 valence electrons. The minimum atomic E-state index is -3.29. The Kier molecular flexibility index (Phi) is 3.39. The molecule has 1 saturated carbocycles. The van der Waals surface area contributed by atoms with Crippen molar-refractivity contribution in [3.63, 3.8) is 0 Å². The van der Waals surface area contributed by atoms with Gasteiger partial charge in [-0.1, -0.05) is 13.8 Å². The van der Waals surface area contributed by atoms with Gasteiger partial charge in [-0.3, -0.25) is 0 Å². The van der Waals surface area contributed by atoms with Gasteiger partial charge in [0, 0.05) is 12.6 Å². The normalized spacial score (nSPS) is 40.6. The first-order valence-electron chi connectivity index (χ1n) is 6.22. The highest BCUT2D eigenvalue weighted by Crippen LogP contribution is 2.33. The molecule has 0 amide bonds. The largest absolute Gasteiger partial charge is 0.456 e. The van der Waals surface area contributed by atoms with E-state index in [0.717, 1.165) is 6.42 Å². The third-order valence-electron chi connectivity index (χ3n) is 4.13. The summed E-state index contributed by atoms with van der Waals surface area (Å²) in [5.74, 6) is -3.45. The first kappa shape index (κ1) is 12.7. The van der Waals surface area contributed by atoms with Gasteiger partial charge in [-0.05, 0) is 24.7 Å². The molecule has 0 bridgehead atoms. The lowest BCUT2D eigenvalue weighted by Crippen LogP contribution is -2.38. The van der Waals surface area contributed by atoms with Crippen molar-refractivity contribution >= 4 is 5.97 Å². The monoisotopic (exact) mass is 247 g/mol. The summed E-state index contributed by atoms with van der Waals surface area (Å²) in [7, 11) is 0. The molecule has 2 rings (SSSR count). The van der Waals surface area contributed by atoms with Crippen molar-refractivity contribution in [2.24, 2.45) is 11.8 Å². The molecule has 1 aliphatic carbocycles. The summed E-state index contributed by atoms with van der Waals surface area (Å²) in [4.78, 5) is 10.8. The SMILES string of the molecule is CC1CCC(NCC2CC(F)(F)C(=O)O2)C1C. The van der Waals surface area contributed by atoms with Crippen molar-refractivity contribution in [3.05, 3.63) is 0 Å². The molecule has 4 atom stereocenters. The molecule has 0 aromatic heterocycles. The van der Waals surface area contributed by atoms with Crippen LogP contribution in [0.5, 0.6) is 0 Å². The van der Waals surface area contributed by atoms with Crippen molar-refractivity contribution in [3.8, 4) is 0 Å². The number of hydrogen-bond acceptors (Lipinski definition) is 3. The summed E-state index contributed by atoms with van der Waals surface area (Å²) in [6.07, 6.45) is 1.06. The highest BCUT2D eigenvalue weighted by molar-refractivity contribution is 5.79. The van der Waals surface area contributed by atoms with Gasteiger partial charge in [0.1, 0.15) is 6.10 Å². The van der Waals surface area contributed by atoms with Crippen LogP contribution >= 0.6 is 0 Å². The topological polar surface area (TPSA) is 38.3 Å². The van der Waals surface area contributed by atoms with Crippen LogP contribution in [0.1, 0.15) is 33.1 Å². The summed E-state index contributed by atoms with van der Waals surface area (Å²) in [6.45, 7) is 4.71. The van der Waals surface area contributed by atoms with Gasteiger partial charge in [0.25, 0.3) is 0 Å². The number of alkyl halides is 2. The number of esters is 1. The number of cyclic esters (lactones) is 1. The maximum atomic E-state index is 12.9. The Morgan fingerprint density at radius 1 is 1.41 bits per heavy atom. The molecule has 2 fully saturated rings. The quantitative estimate of drug-likeness (QED) is 0.775. The predicted octanol–water partition coefficient (Wildman–Crippen LogP) is 1.96. The Balaban J connectivity index is 1.79. The number of halogens is 2. The average Bonchev–Trinajstić information content (AvgIpc) is 2.68. The number of nitrogens with one attached hydrogen (secondary N) is 1. The van der Waals surface area contributed by atoms with Gasteiger partial charge in [-0.25, -0.2) is 4.79 Å². The molecule has 0 radical (unpaired) electrons. The summed E-state index contributed by atoms with van der Waals surface area (Å²) < 4.78 is 30.5. The zero-order valence-electron chi connectivity index (χ0n) is 10.2. The minimum Gasteiger partial charge on any atom is -0.456 e. The number of hydrogen-bond donors (Lipinski definition) is 1. The molecule has 2 aliphatic rings. The molecule has 1 aliphatic heterocycles. The molecular formula is C12H19F2NO2. The Morgan fingerprint density at radius 3 is 2.59 bits per heavy atom. The number of rotatable bonds is 3. The van der Waals surface area contributed by atoms with Crippen molar-refractivity contribution in [1.82, 2.24) is 5.32 Å². The lowest BCUT2D eigenvalue weighted by atomic mass is 9.98. The Hall–Kier alpha value is -0.710. The number of carbonyl (C=O) groups excluding carboxylic acids is 1. The van der Waals surface area contributed by atoms with E-state index in [4.69, 9.17) is 0 Å². The molecule has 4 unspecified atom stereocenters. The summed E-state index contributed by atoms with van der Waals surface area (Å²) >= 11 is 0. The van der Waals surface area contributed by atoms with Crippen molar-refractivity contribution < 1.29 is 18.3 Å². The van der Waals surface area contributed by atoms with Crippen LogP contribution in [0, 0.1) is 11.8 Å². The van der Waals surface area contributed by atoms with Gasteiger partial charge in [0.2, 0.25) is 0 Å². The van der Waals surface area contributed by atoms with E-state index in [0.29, 0.717) is 24.4 Å². The predicted molar refractivity (Wildman–Crippen MR) is 58.8 cm³/mol. The zero-order chi connectivity index (χ0) is 12.6. The van der Waals surface area contributed by atoms with Crippen molar-refractivity contribution in [1.29, 1.82) is 0 Å². The maximum absolute atomic E-state index is 12.9. The van der Waals surface area contributed by atoms with E-state index >= 15 is 0 Å². The van der Waals surface area contributed by atoms with E-state index in [1.54, 1.807) is 0 Å². The van der Waals surface area contributed by atoms with Crippen LogP contribution in [0.3, 0.4) is 0 Å². The lowest BCUT2D eigenvalue weighted by molar-refractivity contribution is -0.159. The van der Waals surface area contributed by atoms with E-state index in [1.165, 1.54) is 6.42 Å². The van der Waals surface area contributed by atoms with Crippen LogP contribution in [-0.2, 0) is 9.53 Å². The highest BCUT2D eigenvalue weighted by Gasteiger charge is 2.50. The molecule has 0 aromatic carbocycles. The van der Waals surface area contributed by atoms with E-state index in [-0.39, 0.29) is 0 Å². The van der Waals surface area contributed by atoms with E-state index < -0.39 is 24.4 Å². The van der Waals surface area contributed by atoms with Gasteiger partial charge in [-0.2, -0.15) is 8.78 Å². The van der Waals surface area contributed by atoms with Crippen molar-refractivity contribution in [2.45, 2.75) is 51.2 Å². The van der Waals surface area contributed by atoms with Crippen LogP contribution in [0.25, 0.3) is 0 Å². The molecule has 3 nitrogen and oxygen atoms in total. The van der Waals surface area contributed by atoms with Gasteiger partial charge in [-0.15, -0.1) is 0 Å². The van der Waals surface area contributed by atoms with E-state index in [9.17, 15) is 13.6 Å². The van der Waals surface area contributed by atoms with Crippen LogP contribution in [0.2, 0.25) is 0 Å². The molecule has 1 heterocycles. The first-order chi connectivity index (χ1) is 7.90. The Labute approximate surface area is 99.9 Å². The summed E-state index contributed by atoms with van der Waals surface area (Å²) in [6, 6.07) is 0.359. The second kappa shape index (κ2) is 4.52. The molecular weight excluding hydrogens is 228 g/mol. The lowest BCUT2D eigenvalue weighted by Gasteiger charge is -2.21. The van der Waals surface area contributed by atoms with Gasteiger partial charge < -0.3 is 10.1 Å². The molecule has 1 saturated heterocycles. The summed E-state index contributed by atoms with van der Waals surface area (Å²) in [5.41, 5.74) is 0. The fourth-order valence-electron chi connectivity index (χ4n) is 2.70. The maximum Gasteiger partial charge on any atom is 0.377 e. The molecule has 1 N–H and O–H groups in total. The van der Waals surface area contributed by atoms with Crippen LogP contribution < -0.4 is 5.32 Å². The minimum absolute atomic E-state index is 0.336. The number of ether oxygens (including phenoxy) is 1. The third-order valence-corrected chi connectivity index (χ3v) is 4.13. The highest BCUT2D eigenvalue weighted by atomic mass is 19.3. The second-order valence-electron chi connectivity index (χ2n) is 5.36. The van der Waals surface area contributed by atoms with E-state index in [1.807, 2.05) is 0 Å². The molecule has 5 heteroatoms. The third kappa shape index (κ3) is 2.59. The Morgan fingerprint density at radius 2 is 2.12 bits per heavy atom. The average molecular weight is 247 g/mol. The van der Waals surface area contributed by atoms with Gasteiger partial charge in [0.15, 0.2) is 0 Å². The Bertz CT molecular complexity index is 309. The second-order valence-corrected chi connectivity index (χ2v) is 5.36. The fraction of sp³-hybridized carbons (Fsp3) is 0.917. The van der Waals surface area contributed by atoms with Crippen LogP contribution in [-0.4, -0.2) is 30.6 Å². The molecule has 0 spiro atoms.